The lowest BCUT2D eigenvalue weighted by Crippen LogP contribution is -1.89. The third kappa shape index (κ3) is 4.38. The maximum absolute atomic E-state index is 4.70. The molecule has 0 saturated carbocycles. The van der Waals surface area contributed by atoms with Crippen LogP contribution in [0.4, 0.5) is 0 Å². The minimum Gasteiger partial charge on any atom is -0.254 e. The van der Waals surface area contributed by atoms with Gasteiger partial charge in [0.05, 0.1) is 11.0 Å². The van der Waals surface area contributed by atoms with Crippen molar-refractivity contribution in [2.45, 2.75) is 0 Å². The van der Waals surface area contributed by atoms with E-state index >= 15 is 0 Å². The molecule has 11 rings (SSSR count). The fraction of sp³-hybridized carbons (Fsp3) is 0. The maximum Gasteiger partial charge on any atom is 0.0970 e. The van der Waals surface area contributed by atoms with Gasteiger partial charge in [0.1, 0.15) is 0 Å². The van der Waals surface area contributed by atoms with E-state index in [1.807, 2.05) is 24.5 Å². The molecule has 0 aliphatic rings. The lowest BCUT2D eigenvalue weighted by Gasteiger charge is -2.15. The van der Waals surface area contributed by atoms with Gasteiger partial charge in [0.15, 0.2) is 0 Å². The van der Waals surface area contributed by atoms with Crippen LogP contribution < -0.4 is 0 Å². The first kappa shape index (κ1) is 28.9. The topological polar surface area (TPSA) is 25.8 Å². The van der Waals surface area contributed by atoms with Gasteiger partial charge in [-0.15, -0.1) is 0 Å². The zero-order valence-electron chi connectivity index (χ0n) is 28.2. The predicted octanol–water partition coefficient (Wildman–Crippen LogP) is 13.5. The number of nitrogens with zero attached hydrogens (tertiary/aromatic N) is 2. The standard InChI is InChI=1S/C50H30N2/c1-3-12-41-39(10-1)40-11-2-4-13-42(40)46-30-38(28-36-25-24-35-8-5-14-43(41)47(35)48(36)46)33-18-16-31(17-19-33)32-20-22-34(23-21-32)45-29-37-9-6-26-51-49(37)50-44(45)15-7-27-52-50/h1-30H. The van der Waals surface area contributed by atoms with Gasteiger partial charge in [-0.1, -0.05) is 140 Å². The number of aromatic nitrogens is 2. The van der Waals surface area contributed by atoms with Crippen molar-refractivity contribution in [2.75, 3.05) is 0 Å². The highest BCUT2D eigenvalue weighted by Gasteiger charge is 2.15. The monoisotopic (exact) mass is 658 g/mol. The summed E-state index contributed by atoms with van der Waals surface area (Å²) in [6, 6.07) is 62.3. The Morgan fingerprint density at radius 2 is 0.769 bits per heavy atom. The van der Waals surface area contributed by atoms with Gasteiger partial charge in [-0.2, -0.15) is 0 Å². The molecular weight excluding hydrogens is 629 g/mol. The minimum absolute atomic E-state index is 0.936. The fourth-order valence-electron chi connectivity index (χ4n) is 8.46. The molecule has 0 spiro atoms. The Hall–Kier alpha value is -6.90. The molecule has 0 saturated heterocycles. The zero-order valence-corrected chi connectivity index (χ0v) is 28.2. The molecule has 0 radical (unpaired) electrons. The van der Waals surface area contributed by atoms with Crippen LogP contribution in [0.1, 0.15) is 0 Å². The maximum atomic E-state index is 4.70. The highest BCUT2D eigenvalue weighted by molar-refractivity contribution is 6.33. The summed E-state index contributed by atoms with van der Waals surface area (Å²) in [5.74, 6) is 0. The third-order valence-electron chi connectivity index (χ3n) is 10.9. The molecule has 11 aromatic rings. The van der Waals surface area contributed by atoms with Gasteiger partial charge in [0.25, 0.3) is 0 Å². The van der Waals surface area contributed by atoms with Crippen LogP contribution in [0.2, 0.25) is 0 Å². The summed E-state index contributed by atoms with van der Waals surface area (Å²) in [7, 11) is 0. The second kappa shape index (κ2) is 11.3. The molecular formula is C50H30N2. The average molecular weight is 659 g/mol. The van der Waals surface area contributed by atoms with Gasteiger partial charge in [0, 0.05) is 23.2 Å². The van der Waals surface area contributed by atoms with Crippen molar-refractivity contribution < 1.29 is 0 Å². The summed E-state index contributed by atoms with van der Waals surface area (Å²) < 4.78 is 0. The Labute approximate surface area is 300 Å². The molecule has 0 N–H and O–H groups in total. The second-order valence-electron chi connectivity index (χ2n) is 13.7. The molecule has 52 heavy (non-hydrogen) atoms. The Balaban J connectivity index is 1.04. The van der Waals surface area contributed by atoms with Crippen LogP contribution in [-0.2, 0) is 0 Å². The first-order valence-electron chi connectivity index (χ1n) is 17.8. The third-order valence-corrected chi connectivity index (χ3v) is 10.9. The van der Waals surface area contributed by atoms with Crippen molar-refractivity contribution >= 4 is 75.7 Å². The summed E-state index contributed by atoms with van der Waals surface area (Å²) in [6.45, 7) is 0. The molecule has 0 atom stereocenters. The van der Waals surface area contributed by atoms with Crippen molar-refractivity contribution in [1.82, 2.24) is 9.97 Å². The van der Waals surface area contributed by atoms with E-state index in [-0.39, 0.29) is 0 Å². The molecule has 0 aliphatic carbocycles. The van der Waals surface area contributed by atoms with E-state index in [1.54, 1.807) is 0 Å². The van der Waals surface area contributed by atoms with Crippen molar-refractivity contribution in [2.24, 2.45) is 0 Å². The number of benzene rings is 8. The van der Waals surface area contributed by atoms with Crippen molar-refractivity contribution in [3.63, 3.8) is 0 Å². The van der Waals surface area contributed by atoms with Gasteiger partial charge in [-0.05, 0) is 118 Å². The highest BCUT2D eigenvalue weighted by Crippen LogP contribution is 2.42. The first-order valence-corrected chi connectivity index (χ1v) is 17.8. The van der Waals surface area contributed by atoms with Crippen LogP contribution >= 0.6 is 0 Å². The van der Waals surface area contributed by atoms with Crippen LogP contribution in [0.3, 0.4) is 0 Å². The SMILES string of the molecule is c1cnc2c(c1)cc(-c1ccc(-c3ccc(-c4cc5ccc6cccc7c8ccccc8c8ccccc8c(c4)c5c67)cc3)cc1)c1cccnc12. The number of fused-ring (bicyclic) bond motifs is 8. The molecule has 9 aromatic carbocycles. The van der Waals surface area contributed by atoms with Gasteiger partial charge < -0.3 is 0 Å². The zero-order chi connectivity index (χ0) is 34.2. The van der Waals surface area contributed by atoms with Crippen LogP contribution in [-0.4, -0.2) is 9.97 Å². The van der Waals surface area contributed by atoms with E-state index in [0.717, 1.165) is 21.8 Å². The second-order valence-corrected chi connectivity index (χ2v) is 13.7. The minimum atomic E-state index is 0.936. The van der Waals surface area contributed by atoms with E-state index in [1.165, 1.54) is 87.2 Å². The Bertz CT molecular complexity index is 3210. The van der Waals surface area contributed by atoms with E-state index < -0.39 is 0 Å². The summed E-state index contributed by atoms with van der Waals surface area (Å²) in [5.41, 5.74) is 9.01. The van der Waals surface area contributed by atoms with Crippen molar-refractivity contribution in [3.05, 3.63) is 182 Å². The number of rotatable bonds is 3. The van der Waals surface area contributed by atoms with E-state index in [4.69, 9.17) is 4.98 Å². The van der Waals surface area contributed by atoms with Crippen LogP contribution in [0.5, 0.6) is 0 Å². The van der Waals surface area contributed by atoms with Gasteiger partial charge in [-0.3, -0.25) is 9.97 Å². The van der Waals surface area contributed by atoms with Crippen LogP contribution in [0.25, 0.3) is 109 Å². The Morgan fingerprint density at radius 3 is 1.48 bits per heavy atom. The van der Waals surface area contributed by atoms with Gasteiger partial charge in [0.2, 0.25) is 0 Å². The predicted molar refractivity (Wildman–Crippen MR) is 221 cm³/mol. The normalized spacial score (nSPS) is 11.8. The molecule has 240 valence electrons. The lowest BCUT2D eigenvalue weighted by molar-refractivity contribution is 1.37. The largest absolute Gasteiger partial charge is 0.254 e. The quantitative estimate of drug-likeness (QED) is 0.177. The summed E-state index contributed by atoms with van der Waals surface area (Å²) in [5, 5.41) is 15.1. The molecule has 2 heterocycles. The molecule has 0 amide bonds. The van der Waals surface area contributed by atoms with Gasteiger partial charge in [-0.25, -0.2) is 0 Å². The summed E-state index contributed by atoms with van der Waals surface area (Å²) in [6.07, 6.45) is 3.68. The Morgan fingerprint density at radius 1 is 0.269 bits per heavy atom. The van der Waals surface area contributed by atoms with Crippen LogP contribution in [0.15, 0.2) is 182 Å². The smallest absolute Gasteiger partial charge is 0.0970 e. The molecule has 0 bridgehead atoms. The first-order chi connectivity index (χ1) is 25.8. The lowest BCUT2D eigenvalue weighted by atomic mass is 9.88. The molecule has 2 aromatic heterocycles. The molecule has 0 aliphatic heterocycles. The van der Waals surface area contributed by atoms with Gasteiger partial charge >= 0.3 is 0 Å². The number of pyridine rings is 2. The fourth-order valence-corrected chi connectivity index (χ4v) is 8.46. The summed E-state index contributed by atoms with van der Waals surface area (Å²) >= 11 is 0. The van der Waals surface area contributed by atoms with Crippen molar-refractivity contribution in [1.29, 1.82) is 0 Å². The van der Waals surface area contributed by atoms with Crippen LogP contribution in [0, 0.1) is 0 Å². The summed E-state index contributed by atoms with van der Waals surface area (Å²) in [4.78, 5) is 9.33. The number of hydrogen-bond acceptors (Lipinski definition) is 2. The molecule has 0 unspecified atom stereocenters. The number of hydrogen-bond donors (Lipinski definition) is 0. The van der Waals surface area contributed by atoms with E-state index in [2.05, 4.69) is 163 Å². The highest BCUT2D eigenvalue weighted by atomic mass is 14.7. The van der Waals surface area contributed by atoms with Crippen molar-refractivity contribution in [3.8, 4) is 33.4 Å². The molecule has 0 fully saturated rings. The molecule has 2 heteroatoms. The van der Waals surface area contributed by atoms with E-state index in [9.17, 15) is 0 Å². The molecule has 2 nitrogen and oxygen atoms in total. The average Bonchev–Trinajstić information content (AvgIpc) is 3.22. The van der Waals surface area contributed by atoms with E-state index in [0.29, 0.717) is 0 Å². The Kier molecular flexibility index (Phi) is 6.28.